The maximum atomic E-state index is 11.8. The highest BCUT2D eigenvalue weighted by Gasteiger charge is 2.40. The van der Waals surface area contributed by atoms with Crippen molar-refractivity contribution in [3.05, 3.63) is 11.8 Å². The molecule has 0 bridgehead atoms. The number of aliphatic hydroxyl groups excluding tert-OH is 3. The predicted molar refractivity (Wildman–Crippen MR) is 95.1 cm³/mol. The third-order valence-corrected chi connectivity index (χ3v) is 3.80. The van der Waals surface area contributed by atoms with Crippen LogP contribution in [-0.4, -0.2) is 74.9 Å². The number of aliphatic imine (C=N–C) groups is 1. The number of hydrogen-bond donors (Lipinski definition) is 5. The highest BCUT2D eigenvalue weighted by atomic mass is 16.6. The van der Waals surface area contributed by atoms with E-state index in [1.807, 2.05) is 0 Å². The number of amides is 1. The summed E-state index contributed by atoms with van der Waals surface area (Å²) in [6.45, 7) is 7.56. The molecule has 10 heteroatoms. The lowest BCUT2D eigenvalue weighted by molar-refractivity contribution is -0.146. The van der Waals surface area contributed by atoms with Crippen LogP contribution >= 0.6 is 0 Å². The van der Waals surface area contributed by atoms with Gasteiger partial charge in [-0.05, 0) is 33.8 Å². The molecule has 1 rings (SSSR count). The lowest BCUT2D eigenvalue weighted by atomic mass is 9.87. The van der Waals surface area contributed by atoms with Gasteiger partial charge in [0.15, 0.2) is 0 Å². The van der Waals surface area contributed by atoms with Crippen molar-refractivity contribution in [1.82, 2.24) is 5.32 Å². The van der Waals surface area contributed by atoms with Crippen LogP contribution in [-0.2, 0) is 14.3 Å². The molecule has 1 amide bonds. The smallest absolute Gasteiger partial charge is 0.413 e. The van der Waals surface area contributed by atoms with Gasteiger partial charge in [-0.1, -0.05) is 6.92 Å². The number of ether oxygens (including phenoxy) is 2. The zero-order chi connectivity index (χ0) is 20.9. The van der Waals surface area contributed by atoms with Crippen LogP contribution in [0.25, 0.3) is 0 Å². The third-order valence-electron chi connectivity index (χ3n) is 3.80. The minimum absolute atomic E-state index is 0.180. The predicted octanol–water partition coefficient (Wildman–Crippen LogP) is 0.0156. The summed E-state index contributed by atoms with van der Waals surface area (Å²) in [7, 11) is 0. The van der Waals surface area contributed by atoms with Crippen LogP contribution in [0.15, 0.2) is 16.8 Å². The van der Waals surface area contributed by atoms with Crippen LogP contribution in [0.4, 0.5) is 4.79 Å². The summed E-state index contributed by atoms with van der Waals surface area (Å²) in [5.74, 6) is -2.18. The van der Waals surface area contributed by atoms with E-state index in [9.17, 15) is 24.9 Å². The second-order valence-corrected chi connectivity index (χ2v) is 7.35. The van der Waals surface area contributed by atoms with Gasteiger partial charge in [-0.2, -0.15) is 0 Å². The van der Waals surface area contributed by atoms with Crippen molar-refractivity contribution in [1.29, 1.82) is 0 Å². The Labute approximate surface area is 157 Å². The molecule has 1 aliphatic heterocycles. The van der Waals surface area contributed by atoms with E-state index in [4.69, 9.17) is 14.6 Å². The molecule has 1 heterocycles. The second-order valence-electron chi connectivity index (χ2n) is 7.35. The Kier molecular flexibility index (Phi) is 7.76. The van der Waals surface area contributed by atoms with Crippen molar-refractivity contribution in [3.63, 3.8) is 0 Å². The summed E-state index contributed by atoms with van der Waals surface area (Å²) >= 11 is 0. The van der Waals surface area contributed by atoms with Gasteiger partial charge < -0.3 is 29.9 Å². The minimum Gasteiger partial charge on any atom is -0.480 e. The first-order chi connectivity index (χ1) is 12.4. The van der Waals surface area contributed by atoms with E-state index in [-0.39, 0.29) is 5.84 Å². The van der Waals surface area contributed by atoms with E-state index in [1.165, 1.54) is 13.0 Å². The third kappa shape index (κ3) is 6.81. The first kappa shape index (κ1) is 22.9. The largest absolute Gasteiger partial charge is 0.480 e. The summed E-state index contributed by atoms with van der Waals surface area (Å²) in [5.41, 5.74) is -0.692. The van der Waals surface area contributed by atoms with Gasteiger partial charge in [0.2, 0.25) is 5.76 Å². The van der Waals surface area contributed by atoms with Crippen molar-refractivity contribution >= 4 is 17.9 Å². The maximum absolute atomic E-state index is 11.8. The van der Waals surface area contributed by atoms with Crippen molar-refractivity contribution < 1.29 is 39.5 Å². The standard InChI is InChI=1S/C17H28N2O8/c1-8-10(18-9(2)19-16(25)27-17(3,4)5)6-12(15(23)24)26-14(8)13(22)11(21)7-20/h6,8,10-11,13-14,20-22H,7H2,1-5H3,(H,23,24)(H,18,19,25)/t8-,10+,11-,13-,14-/m1/s1. The van der Waals surface area contributed by atoms with E-state index in [2.05, 4.69) is 10.3 Å². The second kappa shape index (κ2) is 9.16. The number of nitrogens with zero attached hydrogens (tertiary/aromatic N) is 1. The van der Waals surface area contributed by atoms with Crippen LogP contribution in [0.2, 0.25) is 0 Å². The van der Waals surface area contributed by atoms with Crippen LogP contribution in [0.5, 0.6) is 0 Å². The Morgan fingerprint density at radius 2 is 1.96 bits per heavy atom. The molecule has 0 aromatic carbocycles. The zero-order valence-corrected chi connectivity index (χ0v) is 16.0. The van der Waals surface area contributed by atoms with Crippen molar-refractivity contribution in [2.75, 3.05) is 6.61 Å². The zero-order valence-electron chi connectivity index (χ0n) is 16.0. The summed E-state index contributed by atoms with van der Waals surface area (Å²) in [5, 5.41) is 40.5. The van der Waals surface area contributed by atoms with Crippen LogP contribution < -0.4 is 5.32 Å². The van der Waals surface area contributed by atoms with E-state index in [0.717, 1.165) is 0 Å². The Hall–Kier alpha value is -2.17. The normalized spacial score (nSPS) is 25.7. The van der Waals surface area contributed by atoms with Crippen molar-refractivity contribution in [2.24, 2.45) is 10.9 Å². The Morgan fingerprint density at radius 3 is 2.44 bits per heavy atom. The van der Waals surface area contributed by atoms with Gasteiger partial charge in [0.05, 0.1) is 12.6 Å². The average Bonchev–Trinajstić information content (AvgIpc) is 2.52. The van der Waals surface area contributed by atoms with Gasteiger partial charge in [-0.15, -0.1) is 0 Å². The Bertz CT molecular complexity index is 611. The minimum atomic E-state index is -1.52. The SMILES string of the molecule is CC(=N[C@H]1C=C(C(=O)O)O[C@@H]([C@H](O)[C@H](O)CO)[C@@H]1C)NC(=O)OC(C)(C)C. The number of aliphatic hydroxyl groups is 3. The molecular weight excluding hydrogens is 360 g/mol. The molecule has 0 aliphatic carbocycles. The topological polar surface area (TPSA) is 158 Å². The van der Waals surface area contributed by atoms with Crippen molar-refractivity contribution in [3.8, 4) is 0 Å². The number of hydrogen-bond acceptors (Lipinski definition) is 8. The molecule has 154 valence electrons. The van der Waals surface area contributed by atoms with E-state index >= 15 is 0 Å². The fraction of sp³-hybridized carbons (Fsp3) is 0.706. The van der Waals surface area contributed by atoms with Gasteiger partial charge in [0, 0.05) is 5.92 Å². The first-order valence-electron chi connectivity index (χ1n) is 8.49. The molecule has 0 radical (unpaired) electrons. The fourth-order valence-corrected chi connectivity index (χ4v) is 2.49. The van der Waals surface area contributed by atoms with Gasteiger partial charge in [-0.25, -0.2) is 9.59 Å². The summed E-state index contributed by atoms with van der Waals surface area (Å²) in [6.07, 6.45) is -3.60. The molecule has 0 fully saturated rings. The maximum Gasteiger partial charge on any atom is 0.413 e. The Balaban J connectivity index is 3.03. The van der Waals surface area contributed by atoms with Crippen LogP contribution in [0, 0.1) is 5.92 Å². The van der Waals surface area contributed by atoms with E-state index < -0.39 is 60.3 Å². The molecular formula is C17H28N2O8. The molecule has 5 N–H and O–H groups in total. The number of carbonyl (C=O) groups is 2. The molecule has 10 nitrogen and oxygen atoms in total. The molecule has 0 unspecified atom stereocenters. The average molecular weight is 388 g/mol. The van der Waals surface area contributed by atoms with Crippen molar-refractivity contribution in [2.45, 2.75) is 64.6 Å². The van der Waals surface area contributed by atoms with Gasteiger partial charge in [0.1, 0.15) is 29.7 Å². The summed E-state index contributed by atoms with van der Waals surface area (Å²) in [4.78, 5) is 27.4. The van der Waals surface area contributed by atoms with Crippen LogP contribution in [0.1, 0.15) is 34.6 Å². The number of aliphatic carboxylic acids is 1. The highest BCUT2D eigenvalue weighted by Crippen LogP contribution is 2.29. The summed E-state index contributed by atoms with van der Waals surface area (Å²) < 4.78 is 10.4. The molecule has 1 aliphatic rings. The number of carboxylic acids is 1. The first-order valence-corrected chi connectivity index (χ1v) is 8.49. The number of carboxylic acid groups (broad SMARTS) is 1. The highest BCUT2D eigenvalue weighted by molar-refractivity contribution is 5.94. The van der Waals surface area contributed by atoms with Gasteiger partial charge in [0.25, 0.3) is 0 Å². The fourth-order valence-electron chi connectivity index (χ4n) is 2.49. The molecule has 27 heavy (non-hydrogen) atoms. The molecule has 0 aromatic rings. The van der Waals surface area contributed by atoms with Gasteiger partial charge in [-0.3, -0.25) is 10.3 Å². The molecule has 0 spiro atoms. The number of carbonyl (C=O) groups excluding carboxylic acids is 1. The Morgan fingerprint density at radius 1 is 1.37 bits per heavy atom. The molecule has 5 atom stereocenters. The molecule has 0 saturated carbocycles. The number of amidine groups is 1. The molecule has 0 aromatic heterocycles. The number of alkyl carbamates (subject to hydrolysis) is 1. The van der Waals surface area contributed by atoms with E-state index in [1.54, 1.807) is 27.7 Å². The van der Waals surface area contributed by atoms with Gasteiger partial charge >= 0.3 is 12.1 Å². The lowest BCUT2D eigenvalue weighted by Gasteiger charge is -2.36. The quantitative estimate of drug-likeness (QED) is 0.326. The van der Waals surface area contributed by atoms with Crippen LogP contribution in [0.3, 0.4) is 0 Å². The number of nitrogens with one attached hydrogen (secondary N) is 1. The molecule has 0 saturated heterocycles. The number of rotatable bonds is 5. The monoisotopic (exact) mass is 388 g/mol. The summed E-state index contributed by atoms with van der Waals surface area (Å²) in [6, 6.07) is -0.759. The lowest BCUT2D eigenvalue weighted by Crippen LogP contribution is -2.49. The van der Waals surface area contributed by atoms with E-state index in [0.29, 0.717) is 0 Å².